The summed E-state index contributed by atoms with van der Waals surface area (Å²) >= 11 is 0. The number of aliphatic hydroxyl groups excluding tert-OH is 1. The molecule has 0 aliphatic carbocycles. The van der Waals surface area contributed by atoms with Crippen molar-refractivity contribution in [2.75, 3.05) is 0 Å². The second-order valence-corrected chi connectivity index (χ2v) is 4.44. The molecule has 0 spiro atoms. The van der Waals surface area contributed by atoms with Crippen molar-refractivity contribution < 1.29 is 19.2 Å². The number of hydrogen-bond donors (Lipinski definition) is 1. The zero-order valence-electron chi connectivity index (χ0n) is 11.3. The van der Waals surface area contributed by atoms with E-state index in [1.54, 1.807) is 12.1 Å². The van der Waals surface area contributed by atoms with E-state index in [4.69, 9.17) is 4.74 Å². The Morgan fingerprint density at radius 1 is 1.29 bits per heavy atom. The Kier molecular flexibility index (Phi) is 4.49. The fourth-order valence-corrected chi connectivity index (χ4v) is 1.85. The quantitative estimate of drug-likeness (QED) is 0.668. The molecule has 0 aliphatic rings. The van der Waals surface area contributed by atoms with Crippen molar-refractivity contribution in [2.24, 2.45) is 0 Å². The summed E-state index contributed by atoms with van der Waals surface area (Å²) in [6, 6.07) is 9.85. The minimum atomic E-state index is -0.804. The molecular weight excluding hydrogens is 277 g/mol. The first-order chi connectivity index (χ1) is 10.0. The maximum absolute atomic E-state index is 13.7. The number of para-hydroxylation sites is 1. The molecular formula is C15H14FNO4. The molecule has 2 aromatic rings. The summed E-state index contributed by atoms with van der Waals surface area (Å²) in [5.41, 5.74) is 0.264. The van der Waals surface area contributed by atoms with Crippen LogP contribution in [-0.2, 0) is 0 Å². The van der Waals surface area contributed by atoms with Crippen LogP contribution in [0.15, 0.2) is 42.5 Å². The van der Waals surface area contributed by atoms with Crippen molar-refractivity contribution in [3.63, 3.8) is 0 Å². The van der Waals surface area contributed by atoms with Gasteiger partial charge in [-0.2, -0.15) is 0 Å². The fraction of sp³-hybridized carbons (Fsp3) is 0.200. The Morgan fingerprint density at radius 2 is 1.95 bits per heavy atom. The Balaban J connectivity index is 2.28. The third kappa shape index (κ3) is 3.35. The fourth-order valence-electron chi connectivity index (χ4n) is 1.85. The van der Waals surface area contributed by atoms with Crippen molar-refractivity contribution in [1.29, 1.82) is 0 Å². The van der Waals surface area contributed by atoms with E-state index in [0.717, 1.165) is 6.07 Å². The predicted octanol–water partition coefficient (Wildman–Crippen LogP) is 3.97. The first-order valence-electron chi connectivity index (χ1n) is 6.41. The Morgan fingerprint density at radius 3 is 2.52 bits per heavy atom. The van der Waals surface area contributed by atoms with Gasteiger partial charge in [0, 0.05) is 6.07 Å². The van der Waals surface area contributed by atoms with Gasteiger partial charge in [-0.15, -0.1) is 0 Å². The average Bonchev–Trinajstić information content (AvgIpc) is 2.49. The minimum Gasteiger partial charge on any atom is -0.447 e. The molecule has 0 bridgehead atoms. The molecule has 1 atom stereocenters. The number of nitrogens with zero attached hydrogens (tertiary/aromatic N) is 1. The van der Waals surface area contributed by atoms with E-state index < -0.39 is 28.3 Å². The highest BCUT2D eigenvalue weighted by molar-refractivity contribution is 5.49. The van der Waals surface area contributed by atoms with E-state index in [9.17, 15) is 19.6 Å². The van der Waals surface area contributed by atoms with E-state index in [-0.39, 0.29) is 5.75 Å². The SMILES string of the molecule is CC[C@H](O)c1ccc(Oc2c(F)cccc2[N+](=O)[O-])cc1. The molecule has 0 radical (unpaired) electrons. The predicted molar refractivity (Wildman–Crippen MR) is 74.8 cm³/mol. The average molecular weight is 291 g/mol. The van der Waals surface area contributed by atoms with Gasteiger partial charge in [-0.3, -0.25) is 10.1 Å². The zero-order chi connectivity index (χ0) is 15.4. The number of nitro benzene ring substituents is 1. The van der Waals surface area contributed by atoms with E-state index in [2.05, 4.69) is 0 Å². The zero-order valence-corrected chi connectivity index (χ0v) is 11.3. The summed E-state index contributed by atoms with van der Waals surface area (Å²) in [6.07, 6.45) is -0.0132. The number of aliphatic hydroxyl groups is 1. The van der Waals surface area contributed by atoms with Gasteiger partial charge in [0.2, 0.25) is 5.75 Å². The first kappa shape index (κ1) is 14.9. The van der Waals surface area contributed by atoms with Crippen LogP contribution in [0.3, 0.4) is 0 Å². The molecule has 5 nitrogen and oxygen atoms in total. The van der Waals surface area contributed by atoms with E-state index in [0.29, 0.717) is 12.0 Å². The van der Waals surface area contributed by atoms with Gasteiger partial charge in [0.1, 0.15) is 5.75 Å². The molecule has 0 fully saturated rings. The molecule has 0 aliphatic heterocycles. The summed E-state index contributed by atoms with van der Waals surface area (Å²) in [6.45, 7) is 1.85. The summed E-state index contributed by atoms with van der Waals surface area (Å²) < 4.78 is 19.0. The van der Waals surface area contributed by atoms with Crippen molar-refractivity contribution in [1.82, 2.24) is 0 Å². The third-order valence-electron chi connectivity index (χ3n) is 3.01. The standard InChI is InChI=1S/C15H14FNO4/c1-2-14(18)10-6-8-11(9-7-10)21-15-12(16)4-3-5-13(15)17(19)20/h3-9,14,18H,2H2,1H3/t14-/m0/s1. The van der Waals surface area contributed by atoms with E-state index in [1.807, 2.05) is 6.92 Å². The smallest absolute Gasteiger partial charge is 0.314 e. The van der Waals surface area contributed by atoms with Crippen LogP contribution in [-0.4, -0.2) is 10.0 Å². The van der Waals surface area contributed by atoms with E-state index >= 15 is 0 Å². The topological polar surface area (TPSA) is 72.6 Å². The van der Waals surface area contributed by atoms with Crippen molar-refractivity contribution in [3.8, 4) is 11.5 Å². The molecule has 0 saturated carbocycles. The molecule has 2 rings (SSSR count). The Labute approximate surface area is 120 Å². The lowest BCUT2D eigenvalue weighted by atomic mass is 10.1. The molecule has 1 N–H and O–H groups in total. The maximum atomic E-state index is 13.7. The van der Waals surface area contributed by atoms with E-state index in [1.165, 1.54) is 24.3 Å². The minimum absolute atomic E-state index is 0.259. The lowest BCUT2D eigenvalue weighted by Crippen LogP contribution is -1.97. The monoisotopic (exact) mass is 291 g/mol. The molecule has 0 amide bonds. The first-order valence-corrected chi connectivity index (χ1v) is 6.41. The lowest BCUT2D eigenvalue weighted by Gasteiger charge is -2.10. The second-order valence-electron chi connectivity index (χ2n) is 4.44. The van der Waals surface area contributed by atoms with Crippen molar-refractivity contribution in [2.45, 2.75) is 19.4 Å². The maximum Gasteiger partial charge on any atom is 0.314 e. The van der Waals surface area contributed by atoms with Crippen LogP contribution in [0.1, 0.15) is 25.0 Å². The third-order valence-corrected chi connectivity index (χ3v) is 3.01. The summed E-state index contributed by atoms with van der Waals surface area (Å²) in [5.74, 6) is -0.969. The highest BCUT2D eigenvalue weighted by Crippen LogP contribution is 2.34. The summed E-state index contributed by atoms with van der Waals surface area (Å²) in [5, 5.41) is 20.6. The number of rotatable bonds is 5. The van der Waals surface area contributed by atoms with Gasteiger partial charge in [0.05, 0.1) is 11.0 Å². The van der Waals surface area contributed by atoms with Crippen LogP contribution in [0.5, 0.6) is 11.5 Å². The molecule has 0 unspecified atom stereocenters. The van der Waals surface area contributed by atoms with Crippen molar-refractivity contribution >= 4 is 5.69 Å². The Bertz CT molecular complexity index is 643. The van der Waals surface area contributed by atoms with Crippen LogP contribution in [0.4, 0.5) is 10.1 Å². The number of halogens is 1. The normalized spacial score (nSPS) is 12.0. The van der Waals surface area contributed by atoms with Gasteiger partial charge in [-0.1, -0.05) is 25.1 Å². The van der Waals surface area contributed by atoms with Gasteiger partial charge < -0.3 is 9.84 Å². The van der Waals surface area contributed by atoms with Crippen LogP contribution in [0, 0.1) is 15.9 Å². The number of hydrogen-bond acceptors (Lipinski definition) is 4. The molecule has 2 aromatic carbocycles. The summed E-state index contributed by atoms with van der Waals surface area (Å²) in [4.78, 5) is 10.2. The van der Waals surface area contributed by atoms with Crippen LogP contribution in [0.25, 0.3) is 0 Å². The molecule has 0 aromatic heterocycles. The van der Waals surface area contributed by atoms with Crippen LogP contribution >= 0.6 is 0 Å². The van der Waals surface area contributed by atoms with Crippen LogP contribution < -0.4 is 4.74 Å². The molecule has 6 heteroatoms. The van der Waals surface area contributed by atoms with Gasteiger partial charge in [-0.05, 0) is 30.2 Å². The lowest BCUT2D eigenvalue weighted by molar-refractivity contribution is -0.385. The summed E-state index contributed by atoms with van der Waals surface area (Å²) in [7, 11) is 0. The molecule has 0 heterocycles. The number of ether oxygens (including phenoxy) is 1. The largest absolute Gasteiger partial charge is 0.447 e. The van der Waals surface area contributed by atoms with Gasteiger partial charge in [0.25, 0.3) is 0 Å². The van der Waals surface area contributed by atoms with Crippen LogP contribution in [0.2, 0.25) is 0 Å². The van der Waals surface area contributed by atoms with Gasteiger partial charge >= 0.3 is 5.69 Å². The molecule has 21 heavy (non-hydrogen) atoms. The Hall–Kier alpha value is -2.47. The number of nitro groups is 1. The molecule has 110 valence electrons. The molecule has 0 saturated heterocycles. The highest BCUT2D eigenvalue weighted by atomic mass is 19.1. The second kappa shape index (κ2) is 6.32. The van der Waals surface area contributed by atoms with Gasteiger partial charge in [0.15, 0.2) is 5.82 Å². The number of benzene rings is 2. The van der Waals surface area contributed by atoms with Crippen molar-refractivity contribution in [3.05, 3.63) is 64.0 Å². The highest BCUT2D eigenvalue weighted by Gasteiger charge is 2.20. The van der Waals surface area contributed by atoms with Gasteiger partial charge in [-0.25, -0.2) is 4.39 Å².